The highest BCUT2D eigenvalue weighted by Crippen LogP contribution is 2.24. The number of hydrogen-bond donors (Lipinski definition) is 0. The molecule has 0 N–H and O–H groups in total. The molecule has 0 atom stereocenters. The molecule has 1 heterocycles. The van der Waals surface area contributed by atoms with E-state index in [0.717, 1.165) is 4.88 Å². The zero-order valence-corrected chi connectivity index (χ0v) is 15.7. The van der Waals surface area contributed by atoms with E-state index in [1.54, 1.807) is 18.2 Å². The summed E-state index contributed by atoms with van der Waals surface area (Å²) in [6.07, 6.45) is -0.0201. The summed E-state index contributed by atoms with van der Waals surface area (Å²) in [5.41, 5.74) is 0.268. The largest absolute Gasteiger partial charge is 0.497 e. The summed E-state index contributed by atoms with van der Waals surface area (Å²) >= 11 is 1.39. The van der Waals surface area contributed by atoms with E-state index < -0.39 is 18.4 Å². The van der Waals surface area contributed by atoms with Crippen LogP contribution in [0.4, 0.5) is 0 Å². The lowest BCUT2D eigenvalue weighted by molar-refractivity contribution is -0.142. The molecule has 1 aromatic carbocycles. The van der Waals surface area contributed by atoms with Gasteiger partial charge in [-0.05, 0) is 37.3 Å². The van der Waals surface area contributed by atoms with E-state index in [-0.39, 0.29) is 24.2 Å². The van der Waals surface area contributed by atoms with E-state index in [4.69, 9.17) is 14.2 Å². The molecule has 26 heavy (non-hydrogen) atoms. The highest BCUT2D eigenvalue weighted by molar-refractivity contribution is 7.14. The van der Waals surface area contributed by atoms with Crippen LogP contribution in [0.2, 0.25) is 0 Å². The Balaban J connectivity index is 1.87. The van der Waals surface area contributed by atoms with Crippen LogP contribution < -0.4 is 9.47 Å². The molecule has 0 aliphatic rings. The number of benzene rings is 1. The summed E-state index contributed by atoms with van der Waals surface area (Å²) < 4.78 is 15.2. The first-order chi connectivity index (χ1) is 12.4. The van der Waals surface area contributed by atoms with Gasteiger partial charge < -0.3 is 14.2 Å². The van der Waals surface area contributed by atoms with Crippen molar-refractivity contribution in [3.63, 3.8) is 0 Å². The van der Waals surface area contributed by atoms with Gasteiger partial charge in [0.2, 0.25) is 5.78 Å². The number of esters is 1. The van der Waals surface area contributed by atoms with Crippen molar-refractivity contribution in [2.75, 3.05) is 20.8 Å². The second-order valence-corrected chi connectivity index (χ2v) is 6.77. The second kappa shape index (κ2) is 9.15. The Morgan fingerprint density at radius 1 is 0.962 bits per heavy atom. The lowest BCUT2D eigenvalue weighted by Crippen LogP contribution is -2.15. The fourth-order valence-corrected chi connectivity index (χ4v) is 3.09. The number of ether oxygens (including phenoxy) is 3. The first-order valence-corrected chi connectivity index (χ1v) is 8.76. The SMILES string of the molecule is COc1ccc(OC)c(C(=O)COC(=O)CCC(=O)c2ccc(C)s2)c1. The van der Waals surface area contributed by atoms with E-state index in [0.29, 0.717) is 16.4 Å². The molecule has 0 aliphatic carbocycles. The van der Waals surface area contributed by atoms with E-state index in [1.165, 1.54) is 31.6 Å². The fourth-order valence-electron chi connectivity index (χ4n) is 2.25. The number of ketones is 2. The Kier molecular flexibility index (Phi) is 6.91. The van der Waals surface area contributed by atoms with Crippen LogP contribution in [0.3, 0.4) is 0 Å². The third kappa shape index (κ3) is 5.16. The van der Waals surface area contributed by atoms with E-state index in [9.17, 15) is 14.4 Å². The zero-order valence-electron chi connectivity index (χ0n) is 14.9. The minimum atomic E-state index is -0.596. The first kappa shape index (κ1) is 19.7. The van der Waals surface area contributed by atoms with Crippen LogP contribution in [0.1, 0.15) is 37.7 Å². The van der Waals surface area contributed by atoms with Gasteiger partial charge in [0.05, 0.1) is 31.1 Å². The number of carbonyl (C=O) groups excluding carboxylic acids is 3. The molecular weight excluding hydrogens is 356 g/mol. The van der Waals surface area contributed by atoms with Crippen molar-refractivity contribution >= 4 is 28.9 Å². The summed E-state index contributed by atoms with van der Waals surface area (Å²) in [5.74, 6) is -0.246. The molecule has 6 nitrogen and oxygen atoms in total. The molecule has 7 heteroatoms. The molecule has 0 amide bonds. The van der Waals surface area contributed by atoms with Crippen molar-refractivity contribution < 1.29 is 28.6 Å². The zero-order chi connectivity index (χ0) is 19.1. The molecule has 2 aromatic rings. The Labute approximate surface area is 155 Å². The number of methoxy groups -OCH3 is 2. The van der Waals surface area contributed by atoms with Crippen molar-refractivity contribution in [1.29, 1.82) is 0 Å². The monoisotopic (exact) mass is 376 g/mol. The van der Waals surface area contributed by atoms with Crippen molar-refractivity contribution in [2.24, 2.45) is 0 Å². The second-order valence-electron chi connectivity index (χ2n) is 5.48. The maximum Gasteiger partial charge on any atom is 0.306 e. The summed E-state index contributed by atoms with van der Waals surface area (Å²) in [6.45, 7) is 1.49. The molecule has 0 saturated carbocycles. The summed E-state index contributed by atoms with van der Waals surface area (Å²) in [4.78, 5) is 37.7. The Hall–Kier alpha value is -2.67. The van der Waals surface area contributed by atoms with Gasteiger partial charge in [-0.2, -0.15) is 0 Å². The summed E-state index contributed by atoms with van der Waals surface area (Å²) in [7, 11) is 2.94. The number of aryl methyl sites for hydroxylation is 1. The predicted octanol–water partition coefficient (Wildman–Crippen LogP) is 3.46. The van der Waals surface area contributed by atoms with Crippen LogP contribution in [-0.4, -0.2) is 38.4 Å². The van der Waals surface area contributed by atoms with Crippen LogP contribution >= 0.6 is 11.3 Å². The molecule has 0 fully saturated rings. The van der Waals surface area contributed by atoms with Gasteiger partial charge in [-0.1, -0.05) is 0 Å². The van der Waals surface area contributed by atoms with Gasteiger partial charge in [-0.3, -0.25) is 14.4 Å². The van der Waals surface area contributed by atoms with Gasteiger partial charge >= 0.3 is 5.97 Å². The molecule has 0 unspecified atom stereocenters. The van der Waals surface area contributed by atoms with E-state index in [2.05, 4.69) is 0 Å². The number of carbonyl (C=O) groups is 3. The average Bonchev–Trinajstić information content (AvgIpc) is 3.09. The molecule has 0 radical (unpaired) electrons. The van der Waals surface area contributed by atoms with Crippen molar-refractivity contribution in [2.45, 2.75) is 19.8 Å². The molecule has 0 aliphatic heterocycles. The Morgan fingerprint density at radius 3 is 2.35 bits per heavy atom. The Morgan fingerprint density at radius 2 is 1.73 bits per heavy atom. The molecule has 138 valence electrons. The van der Waals surface area contributed by atoms with Gasteiger partial charge in [0.25, 0.3) is 0 Å². The maximum atomic E-state index is 12.3. The number of thiophene rings is 1. The molecule has 0 saturated heterocycles. The highest BCUT2D eigenvalue weighted by atomic mass is 32.1. The molecule has 0 bridgehead atoms. The van der Waals surface area contributed by atoms with Crippen molar-refractivity contribution in [3.8, 4) is 11.5 Å². The van der Waals surface area contributed by atoms with Gasteiger partial charge in [0, 0.05) is 11.3 Å². The standard InChI is InChI=1S/C19H20O6S/c1-12-4-8-18(26-12)15(20)6-9-19(22)25-11-16(21)14-10-13(23-2)5-7-17(14)24-3/h4-5,7-8,10H,6,9,11H2,1-3H3. The lowest BCUT2D eigenvalue weighted by atomic mass is 10.1. The minimum absolute atomic E-state index is 0.0510. The predicted molar refractivity (Wildman–Crippen MR) is 97.5 cm³/mol. The quantitative estimate of drug-likeness (QED) is 0.493. The van der Waals surface area contributed by atoms with E-state index >= 15 is 0 Å². The van der Waals surface area contributed by atoms with Crippen LogP contribution in [0.5, 0.6) is 11.5 Å². The third-order valence-corrected chi connectivity index (χ3v) is 4.68. The van der Waals surface area contributed by atoms with Gasteiger partial charge in [-0.15, -0.1) is 11.3 Å². The van der Waals surface area contributed by atoms with Gasteiger partial charge in [0.1, 0.15) is 11.5 Å². The maximum absolute atomic E-state index is 12.3. The molecule has 1 aromatic heterocycles. The van der Waals surface area contributed by atoms with Crippen molar-refractivity contribution in [1.82, 2.24) is 0 Å². The normalized spacial score (nSPS) is 10.3. The van der Waals surface area contributed by atoms with Crippen LogP contribution in [-0.2, 0) is 9.53 Å². The summed E-state index contributed by atoms with van der Waals surface area (Å²) in [6, 6.07) is 8.40. The Bertz CT molecular complexity index is 808. The molecule has 0 spiro atoms. The fraction of sp³-hybridized carbons (Fsp3) is 0.316. The third-order valence-electron chi connectivity index (χ3n) is 3.64. The lowest BCUT2D eigenvalue weighted by Gasteiger charge is -2.10. The van der Waals surface area contributed by atoms with Crippen LogP contribution in [0, 0.1) is 6.92 Å². The van der Waals surface area contributed by atoms with Crippen molar-refractivity contribution in [3.05, 3.63) is 45.6 Å². The topological polar surface area (TPSA) is 78.9 Å². The number of rotatable bonds is 9. The molecule has 2 rings (SSSR count). The summed E-state index contributed by atoms with van der Waals surface area (Å²) in [5, 5.41) is 0. The van der Waals surface area contributed by atoms with Crippen LogP contribution in [0.25, 0.3) is 0 Å². The van der Waals surface area contributed by atoms with E-state index in [1.807, 2.05) is 13.0 Å². The average molecular weight is 376 g/mol. The minimum Gasteiger partial charge on any atom is -0.497 e. The highest BCUT2D eigenvalue weighted by Gasteiger charge is 2.17. The number of Topliss-reactive ketones (excluding diaryl/α,β-unsaturated/α-hetero) is 2. The van der Waals surface area contributed by atoms with Gasteiger partial charge in [0.15, 0.2) is 12.4 Å². The first-order valence-electron chi connectivity index (χ1n) is 7.95. The number of hydrogen-bond acceptors (Lipinski definition) is 7. The smallest absolute Gasteiger partial charge is 0.306 e. The molecular formula is C19H20O6S. The van der Waals surface area contributed by atoms with Gasteiger partial charge in [-0.25, -0.2) is 0 Å². The van der Waals surface area contributed by atoms with Crippen LogP contribution in [0.15, 0.2) is 30.3 Å².